The lowest BCUT2D eigenvalue weighted by Crippen LogP contribution is -2.45. The predicted molar refractivity (Wildman–Crippen MR) is 80.8 cm³/mol. The van der Waals surface area contributed by atoms with Crippen LogP contribution >= 0.6 is 0 Å². The number of methoxy groups -OCH3 is 1. The highest BCUT2D eigenvalue weighted by Crippen LogP contribution is 2.27. The summed E-state index contributed by atoms with van der Waals surface area (Å²) < 4.78 is 31.9. The van der Waals surface area contributed by atoms with Gasteiger partial charge in [-0.15, -0.1) is 0 Å². The molecule has 0 aliphatic rings. The molecule has 0 heterocycles. The van der Waals surface area contributed by atoms with Crippen LogP contribution in [0.2, 0.25) is 0 Å². The van der Waals surface area contributed by atoms with E-state index in [4.69, 9.17) is 10.5 Å². The molecule has 1 aromatic carbocycles. The Labute approximate surface area is 124 Å². The van der Waals surface area contributed by atoms with Crippen LogP contribution in [-0.2, 0) is 14.8 Å². The molecular formula is C13H21N3O4S. The highest BCUT2D eigenvalue weighted by atomic mass is 32.2. The second-order valence-corrected chi connectivity index (χ2v) is 7.12. The molecule has 21 heavy (non-hydrogen) atoms. The van der Waals surface area contributed by atoms with Crippen LogP contribution in [0.4, 0.5) is 5.69 Å². The van der Waals surface area contributed by atoms with Gasteiger partial charge in [-0.1, -0.05) is 0 Å². The number of benzene rings is 1. The van der Waals surface area contributed by atoms with Crippen molar-refractivity contribution in [2.75, 3.05) is 19.0 Å². The van der Waals surface area contributed by atoms with Crippen molar-refractivity contribution in [2.45, 2.75) is 31.2 Å². The summed E-state index contributed by atoms with van der Waals surface area (Å²) in [6.07, 6.45) is 0. The average Bonchev–Trinajstić information content (AvgIpc) is 2.35. The first kappa shape index (κ1) is 17.4. The van der Waals surface area contributed by atoms with E-state index in [0.717, 1.165) is 0 Å². The summed E-state index contributed by atoms with van der Waals surface area (Å²) in [5, 5.41) is 2.53. The molecule has 1 aromatic rings. The zero-order chi connectivity index (χ0) is 16.3. The van der Waals surface area contributed by atoms with Crippen molar-refractivity contribution in [3.63, 3.8) is 0 Å². The number of hydrogen-bond acceptors (Lipinski definition) is 5. The quantitative estimate of drug-likeness (QED) is 0.714. The molecule has 0 aliphatic heterocycles. The largest absolute Gasteiger partial charge is 0.495 e. The fourth-order valence-corrected chi connectivity index (χ4v) is 2.75. The van der Waals surface area contributed by atoms with Crippen LogP contribution in [0.25, 0.3) is 0 Å². The molecule has 0 bridgehead atoms. The Hall–Kier alpha value is -1.64. The zero-order valence-corrected chi connectivity index (χ0v) is 13.4. The van der Waals surface area contributed by atoms with Crippen LogP contribution < -0.4 is 20.5 Å². The first-order valence-corrected chi connectivity index (χ1v) is 7.78. The van der Waals surface area contributed by atoms with Gasteiger partial charge in [0, 0.05) is 19.0 Å². The van der Waals surface area contributed by atoms with Crippen LogP contribution in [0.1, 0.15) is 20.8 Å². The second-order valence-electron chi connectivity index (χ2n) is 5.36. The molecule has 4 N–H and O–H groups in total. The van der Waals surface area contributed by atoms with Gasteiger partial charge in [-0.2, -0.15) is 0 Å². The minimum Gasteiger partial charge on any atom is -0.495 e. The van der Waals surface area contributed by atoms with Crippen molar-refractivity contribution in [2.24, 2.45) is 5.73 Å². The number of carbonyl (C=O) groups excluding carboxylic acids is 1. The van der Waals surface area contributed by atoms with Gasteiger partial charge in [0.1, 0.15) is 5.75 Å². The Morgan fingerprint density at radius 1 is 1.38 bits per heavy atom. The maximum absolute atomic E-state index is 12.2. The molecular weight excluding hydrogens is 294 g/mol. The highest BCUT2D eigenvalue weighted by molar-refractivity contribution is 7.89. The molecule has 0 saturated carbocycles. The summed E-state index contributed by atoms with van der Waals surface area (Å²) in [5.41, 5.74) is 5.38. The van der Waals surface area contributed by atoms with Crippen molar-refractivity contribution in [1.82, 2.24) is 4.72 Å². The smallest absolute Gasteiger partial charge is 0.240 e. The number of carbonyl (C=O) groups is 1. The minimum absolute atomic E-state index is 0.0244. The SMILES string of the molecule is COc1ccc(S(=O)(=O)NCC(C)(C)N)cc1NC(C)=O. The van der Waals surface area contributed by atoms with E-state index in [0.29, 0.717) is 11.4 Å². The third kappa shape index (κ3) is 5.33. The van der Waals surface area contributed by atoms with Gasteiger partial charge in [-0.3, -0.25) is 4.79 Å². The molecule has 1 rings (SSSR count). The molecule has 0 spiro atoms. The number of nitrogens with one attached hydrogen (secondary N) is 2. The number of anilines is 1. The summed E-state index contributed by atoms with van der Waals surface area (Å²) in [5.74, 6) is 0.0576. The molecule has 0 aromatic heterocycles. The van der Waals surface area contributed by atoms with Crippen LogP contribution in [-0.4, -0.2) is 33.5 Å². The first-order chi connectivity index (χ1) is 9.55. The third-order valence-corrected chi connectivity index (χ3v) is 3.91. The van der Waals surface area contributed by atoms with E-state index >= 15 is 0 Å². The molecule has 0 atom stereocenters. The maximum Gasteiger partial charge on any atom is 0.240 e. The van der Waals surface area contributed by atoms with Gasteiger partial charge in [0.05, 0.1) is 17.7 Å². The van der Waals surface area contributed by atoms with Crippen molar-refractivity contribution in [1.29, 1.82) is 0 Å². The molecule has 1 amide bonds. The van der Waals surface area contributed by atoms with E-state index in [1.165, 1.54) is 32.2 Å². The Morgan fingerprint density at radius 3 is 2.48 bits per heavy atom. The van der Waals surface area contributed by atoms with Crippen molar-refractivity contribution in [3.8, 4) is 5.75 Å². The van der Waals surface area contributed by atoms with E-state index < -0.39 is 15.6 Å². The Morgan fingerprint density at radius 2 is 2.00 bits per heavy atom. The summed E-state index contributed by atoms with van der Waals surface area (Å²) in [6.45, 7) is 4.85. The number of nitrogens with two attached hydrogens (primary N) is 1. The topological polar surface area (TPSA) is 111 Å². The van der Waals surface area contributed by atoms with Gasteiger partial charge in [0.25, 0.3) is 0 Å². The predicted octanol–water partition coefficient (Wildman–Crippen LogP) is 0.669. The Balaban J connectivity index is 3.10. The van der Waals surface area contributed by atoms with Crippen LogP contribution in [0.15, 0.2) is 23.1 Å². The summed E-state index contributed by atoms with van der Waals surface area (Å²) in [6, 6.07) is 4.22. The van der Waals surface area contributed by atoms with E-state index in [9.17, 15) is 13.2 Å². The van der Waals surface area contributed by atoms with E-state index in [1.807, 2.05) is 0 Å². The molecule has 0 saturated heterocycles. The minimum atomic E-state index is -3.71. The van der Waals surface area contributed by atoms with Crippen LogP contribution in [0.5, 0.6) is 5.75 Å². The number of ether oxygens (including phenoxy) is 1. The van der Waals surface area contributed by atoms with E-state index in [2.05, 4.69) is 10.0 Å². The monoisotopic (exact) mass is 315 g/mol. The highest BCUT2D eigenvalue weighted by Gasteiger charge is 2.20. The molecule has 118 valence electrons. The van der Waals surface area contributed by atoms with E-state index in [-0.39, 0.29) is 17.3 Å². The van der Waals surface area contributed by atoms with Gasteiger partial charge >= 0.3 is 0 Å². The normalized spacial score (nSPS) is 12.0. The molecule has 7 nitrogen and oxygen atoms in total. The standard InChI is InChI=1S/C13H21N3O4S/c1-9(17)16-11-7-10(5-6-12(11)20-4)21(18,19)15-8-13(2,3)14/h5-7,15H,8,14H2,1-4H3,(H,16,17). The Bertz CT molecular complexity index is 621. The molecule has 0 radical (unpaired) electrons. The van der Waals surface area contributed by atoms with Gasteiger partial charge in [-0.05, 0) is 32.0 Å². The summed E-state index contributed by atoms with van der Waals surface area (Å²) in [4.78, 5) is 11.2. The Kier molecular flexibility index (Phi) is 5.32. The van der Waals surface area contributed by atoms with Gasteiger partial charge in [0.15, 0.2) is 0 Å². The molecule has 8 heteroatoms. The lowest BCUT2D eigenvalue weighted by Gasteiger charge is -2.19. The molecule has 0 fully saturated rings. The maximum atomic E-state index is 12.2. The first-order valence-electron chi connectivity index (χ1n) is 6.29. The van der Waals surface area contributed by atoms with E-state index in [1.54, 1.807) is 13.8 Å². The van der Waals surface area contributed by atoms with Crippen LogP contribution in [0.3, 0.4) is 0 Å². The third-order valence-electron chi connectivity index (χ3n) is 2.51. The second kappa shape index (κ2) is 6.42. The van der Waals surface area contributed by atoms with Crippen LogP contribution in [0, 0.1) is 0 Å². The number of rotatable bonds is 6. The molecule has 0 aliphatic carbocycles. The fourth-order valence-electron chi connectivity index (χ4n) is 1.51. The summed E-state index contributed by atoms with van der Waals surface area (Å²) >= 11 is 0. The van der Waals surface area contributed by atoms with Gasteiger partial charge < -0.3 is 15.8 Å². The van der Waals surface area contributed by atoms with Crippen molar-refractivity contribution < 1.29 is 17.9 Å². The van der Waals surface area contributed by atoms with Gasteiger partial charge in [-0.25, -0.2) is 13.1 Å². The van der Waals surface area contributed by atoms with Crippen molar-refractivity contribution in [3.05, 3.63) is 18.2 Å². The van der Waals surface area contributed by atoms with Gasteiger partial charge in [0.2, 0.25) is 15.9 Å². The lowest BCUT2D eigenvalue weighted by molar-refractivity contribution is -0.114. The summed E-state index contributed by atoms with van der Waals surface area (Å²) in [7, 11) is -2.28. The lowest BCUT2D eigenvalue weighted by atomic mass is 10.1. The average molecular weight is 315 g/mol. The number of amides is 1. The zero-order valence-electron chi connectivity index (χ0n) is 12.6. The number of sulfonamides is 1. The molecule has 0 unspecified atom stereocenters. The fraction of sp³-hybridized carbons (Fsp3) is 0.462. The van der Waals surface area contributed by atoms with Crippen molar-refractivity contribution >= 4 is 21.6 Å². The number of hydrogen-bond donors (Lipinski definition) is 3.